The lowest BCUT2D eigenvalue weighted by Crippen LogP contribution is -2.03. The molecule has 0 unspecified atom stereocenters. The predicted octanol–water partition coefficient (Wildman–Crippen LogP) is 1.96. The Balaban J connectivity index is 2.96. The Hall–Kier alpha value is -1.06. The second-order valence-corrected chi connectivity index (χ2v) is 3.37. The normalized spacial score (nSPS) is 10.1. The number of aromatic carboxylic acids is 1. The third-order valence-corrected chi connectivity index (χ3v) is 2.14. The molecule has 0 aromatic heterocycles. The lowest BCUT2D eigenvalue weighted by molar-refractivity contribution is 0.0695. The van der Waals surface area contributed by atoms with Crippen molar-refractivity contribution in [3.63, 3.8) is 0 Å². The van der Waals surface area contributed by atoms with Gasteiger partial charge in [0.1, 0.15) is 0 Å². The Morgan fingerprint density at radius 2 is 2.14 bits per heavy atom. The van der Waals surface area contributed by atoms with Gasteiger partial charge < -0.3 is 10.2 Å². The lowest BCUT2D eigenvalue weighted by Gasteiger charge is -2.05. The lowest BCUT2D eigenvalue weighted by atomic mass is 10.0. The maximum Gasteiger partial charge on any atom is 0.336 e. The highest BCUT2D eigenvalue weighted by Gasteiger charge is 2.09. The van der Waals surface area contributed by atoms with E-state index >= 15 is 0 Å². The van der Waals surface area contributed by atoms with E-state index in [0.717, 1.165) is 0 Å². The van der Waals surface area contributed by atoms with Gasteiger partial charge in [0.2, 0.25) is 0 Å². The maximum atomic E-state index is 10.8. The van der Waals surface area contributed by atoms with E-state index in [1.807, 2.05) is 0 Å². The van der Waals surface area contributed by atoms with E-state index in [-0.39, 0.29) is 12.2 Å². The molecule has 0 amide bonds. The average molecular weight is 215 g/mol. The van der Waals surface area contributed by atoms with E-state index in [1.165, 1.54) is 6.07 Å². The molecule has 0 radical (unpaired) electrons. The summed E-state index contributed by atoms with van der Waals surface area (Å²) >= 11 is 5.68. The number of aliphatic hydroxyl groups is 1. The van der Waals surface area contributed by atoms with Crippen LogP contribution in [0.2, 0.25) is 5.02 Å². The summed E-state index contributed by atoms with van der Waals surface area (Å²) in [5.74, 6) is -0.986. The molecule has 14 heavy (non-hydrogen) atoms. The fourth-order valence-electron chi connectivity index (χ4n) is 1.24. The molecule has 0 spiro atoms. The molecule has 4 heteroatoms. The first-order valence-corrected chi connectivity index (χ1v) is 4.65. The van der Waals surface area contributed by atoms with Gasteiger partial charge in [0.05, 0.1) is 5.56 Å². The molecule has 0 fully saturated rings. The highest BCUT2D eigenvalue weighted by molar-refractivity contribution is 6.30. The van der Waals surface area contributed by atoms with E-state index in [4.69, 9.17) is 21.8 Å². The predicted molar refractivity (Wildman–Crippen MR) is 53.8 cm³/mol. The van der Waals surface area contributed by atoms with Crippen molar-refractivity contribution < 1.29 is 15.0 Å². The first-order valence-electron chi connectivity index (χ1n) is 4.27. The molecular weight excluding hydrogens is 204 g/mol. The minimum atomic E-state index is -0.986. The first-order chi connectivity index (χ1) is 6.65. The topological polar surface area (TPSA) is 57.5 Å². The Labute approximate surface area is 86.9 Å². The average Bonchev–Trinajstić information content (AvgIpc) is 2.15. The summed E-state index contributed by atoms with van der Waals surface area (Å²) in [5.41, 5.74) is 0.918. The van der Waals surface area contributed by atoms with Gasteiger partial charge in [0, 0.05) is 11.6 Å². The summed E-state index contributed by atoms with van der Waals surface area (Å²) in [6.45, 7) is 0.0572. The molecule has 2 N–H and O–H groups in total. The van der Waals surface area contributed by atoms with E-state index < -0.39 is 5.97 Å². The number of hydrogen-bond acceptors (Lipinski definition) is 2. The molecule has 1 aromatic rings. The number of aliphatic hydroxyl groups excluding tert-OH is 1. The van der Waals surface area contributed by atoms with Crippen molar-refractivity contribution in [2.75, 3.05) is 6.61 Å². The Morgan fingerprint density at radius 1 is 1.43 bits per heavy atom. The molecule has 3 nitrogen and oxygen atoms in total. The number of rotatable bonds is 4. The smallest absolute Gasteiger partial charge is 0.336 e. The number of carbonyl (C=O) groups is 1. The monoisotopic (exact) mass is 214 g/mol. The van der Waals surface area contributed by atoms with Crippen LogP contribution >= 0.6 is 11.6 Å². The molecule has 0 bridgehead atoms. The number of hydrogen-bond donors (Lipinski definition) is 2. The Bertz CT molecular complexity index is 336. The number of halogens is 1. The zero-order valence-electron chi connectivity index (χ0n) is 7.53. The summed E-state index contributed by atoms with van der Waals surface area (Å²) in [6, 6.07) is 4.76. The standard InChI is InChI=1S/C10H11ClO3/c11-8-4-3-7(2-1-5-12)9(6-8)10(13)14/h3-4,6,12H,1-2,5H2,(H,13,14). The number of carboxylic acids is 1. The molecule has 0 saturated carbocycles. The summed E-state index contributed by atoms with van der Waals surface area (Å²) in [4.78, 5) is 10.8. The third-order valence-electron chi connectivity index (χ3n) is 1.91. The van der Waals surface area contributed by atoms with Gasteiger partial charge in [-0.05, 0) is 30.5 Å². The molecule has 0 atom stereocenters. The Kier molecular flexibility index (Phi) is 3.92. The molecule has 1 rings (SSSR count). The summed E-state index contributed by atoms with van der Waals surface area (Å²) < 4.78 is 0. The minimum Gasteiger partial charge on any atom is -0.478 e. The summed E-state index contributed by atoms with van der Waals surface area (Å²) in [6.07, 6.45) is 1.11. The molecule has 0 aliphatic rings. The minimum absolute atomic E-state index is 0.0572. The van der Waals surface area contributed by atoms with Gasteiger partial charge in [-0.25, -0.2) is 4.79 Å². The second-order valence-electron chi connectivity index (χ2n) is 2.93. The molecule has 76 valence electrons. The molecule has 0 aliphatic carbocycles. The quantitative estimate of drug-likeness (QED) is 0.806. The highest BCUT2D eigenvalue weighted by Crippen LogP contribution is 2.17. The van der Waals surface area contributed by atoms with Crippen molar-refractivity contribution >= 4 is 17.6 Å². The molecule has 0 heterocycles. The second kappa shape index (κ2) is 4.98. The van der Waals surface area contributed by atoms with Crippen molar-refractivity contribution in [2.24, 2.45) is 0 Å². The molecule has 0 saturated heterocycles. The van der Waals surface area contributed by atoms with Crippen molar-refractivity contribution in [1.82, 2.24) is 0 Å². The van der Waals surface area contributed by atoms with Crippen LogP contribution in [0.15, 0.2) is 18.2 Å². The van der Waals surface area contributed by atoms with E-state index in [0.29, 0.717) is 23.4 Å². The van der Waals surface area contributed by atoms with Gasteiger partial charge in [-0.3, -0.25) is 0 Å². The fourth-order valence-corrected chi connectivity index (χ4v) is 1.41. The number of aryl methyl sites for hydroxylation is 1. The highest BCUT2D eigenvalue weighted by atomic mass is 35.5. The zero-order valence-corrected chi connectivity index (χ0v) is 8.29. The van der Waals surface area contributed by atoms with Gasteiger partial charge in [0.15, 0.2) is 0 Å². The van der Waals surface area contributed by atoms with Crippen LogP contribution in [0, 0.1) is 0 Å². The molecular formula is C10H11ClO3. The maximum absolute atomic E-state index is 10.8. The molecule has 0 aliphatic heterocycles. The number of carboxylic acid groups (broad SMARTS) is 1. The largest absolute Gasteiger partial charge is 0.478 e. The van der Waals surface area contributed by atoms with Crippen LogP contribution < -0.4 is 0 Å². The van der Waals surface area contributed by atoms with Crippen molar-refractivity contribution in [2.45, 2.75) is 12.8 Å². The van der Waals surface area contributed by atoms with Crippen LogP contribution in [-0.2, 0) is 6.42 Å². The third kappa shape index (κ3) is 2.72. The van der Waals surface area contributed by atoms with Crippen molar-refractivity contribution in [1.29, 1.82) is 0 Å². The first kappa shape index (κ1) is 11.0. The van der Waals surface area contributed by atoms with Crippen LogP contribution in [0.4, 0.5) is 0 Å². The van der Waals surface area contributed by atoms with Crippen LogP contribution in [0.25, 0.3) is 0 Å². The fraction of sp³-hybridized carbons (Fsp3) is 0.300. The van der Waals surface area contributed by atoms with Gasteiger partial charge in [-0.1, -0.05) is 17.7 Å². The van der Waals surface area contributed by atoms with Gasteiger partial charge in [-0.2, -0.15) is 0 Å². The van der Waals surface area contributed by atoms with Crippen LogP contribution in [0.5, 0.6) is 0 Å². The van der Waals surface area contributed by atoms with Gasteiger partial charge in [0.25, 0.3) is 0 Å². The Morgan fingerprint density at radius 3 is 2.71 bits per heavy atom. The van der Waals surface area contributed by atoms with Crippen molar-refractivity contribution in [3.8, 4) is 0 Å². The van der Waals surface area contributed by atoms with Gasteiger partial charge >= 0.3 is 5.97 Å². The van der Waals surface area contributed by atoms with E-state index in [9.17, 15) is 4.79 Å². The van der Waals surface area contributed by atoms with E-state index in [1.54, 1.807) is 12.1 Å². The van der Waals surface area contributed by atoms with Crippen molar-refractivity contribution in [3.05, 3.63) is 34.3 Å². The van der Waals surface area contributed by atoms with Crippen LogP contribution in [0.3, 0.4) is 0 Å². The molecule has 1 aromatic carbocycles. The summed E-state index contributed by atoms with van der Waals surface area (Å²) in [5, 5.41) is 17.9. The van der Waals surface area contributed by atoms with Crippen LogP contribution in [-0.4, -0.2) is 22.8 Å². The zero-order chi connectivity index (χ0) is 10.6. The van der Waals surface area contributed by atoms with Gasteiger partial charge in [-0.15, -0.1) is 0 Å². The summed E-state index contributed by atoms with van der Waals surface area (Å²) in [7, 11) is 0. The van der Waals surface area contributed by atoms with E-state index in [2.05, 4.69) is 0 Å². The van der Waals surface area contributed by atoms with Crippen LogP contribution in [0.1, 0.15) is 22.3 Å². The SMILES string of the molecule is O=C(O)c1cc(Cl)ccc1CCCO. The number of benzene rings is 1.